The van der Waals surface area contributed by atoms with Crippen molar-refractivity contribution in [2.45, 2.75) is 38.9 Å². The molecule has 1 saturated heterocycles. The molecule has 1 aliphatic rings. The standard InChI is InChI=1S/C8H17NO3S/c1-6-3-8(4-7(2)12-6)5-13(9,10)11/h6-8H,3-5H2,1-2H3,(H2,9,10,11)/t6-,7+,8?. The third-order valence-electron chi connectivity index (χ3n) is 2.26. The van der Waals surface area contributed by atoms with E-state index in [1.54, 1.807) is 0 Å². The van der Waals surface area contributed by atoms with Gasteiger partial charge in [0.25, 0.3) is 0 Å². The van der Waals surface area contributed by atoms with Crippen molar-refractivity contribution in [1.29, 1.82) is 0 Å². The average molecular weight is 207 g/mol. The van der Waals surface area contributed by atoms with Gasteiger partial charge in [0.05, 0.1) is 18.0 Å². The molecule has 0 bridgehead atoms. The molecule has 78 valence electrons. The van der Waals surface area contributed by atoms with Gasteiger partial charge in [-0.1, -0.05) is 0 Å². The van der Waals surface area contributed by atoms with E-state index >= 15 is 0 Å². The largest absolute Gasteiger partial charge is 0.376 e. The predicted molar refractivity (Wildman–Crippen MR) is 50.7 cm³/mol. The number of ether oxygens (including phenoxy) is 1. The summed E-state index contributed by atoms with van der Waals surface area (Å²) in [5, 5.41) is 4.99. The molecular formula is C8H17NO3S. The number of hydrogen-bond donors (Lipinski definition) is 1. The molecule has 0 amide bonds. The van der Waals surface area contributed by atoms with Crippen molar-refractivity contribution in [3.8, 4) is 0 Å². The monoisotopic (exact) mass is 207 g/mol. The average Bonchev–Trinajstić information content (AvgIpc) is 1.78. The highest BCUT2D eigenvalue weighted by molar-refractivity contribution is 7.89. The fourth-order valence-electron chi connectivity index (χ4n) is 2.01. The molecule has 13 heavy (non-hydrogen) atoms. The van der Waals surface area contributed by atoms with E-state index in [1.807, 2.05) is 13.8 Å². The summed E-state index contributed by atoms with van der Waals surface area (Å²) in [6.07, 6.45) is 1.88. The van der Waals surface area contributed by atoms with Crippen LogP contribution in [0.15, 0.2) is 0 Å². The zero-order valence-electron chi connectivity index (χ0n) is 8.06. The Kier molecular flexibility index (Phi) is 3.32. The maximum absolute atomic E-state index is 10.8. The number of nitrogens with two attached hydrogens (primary N) is 1. The van der Waals surface area contributed by atoms with Crippen LogP contribution in [0.4, 0.5) is 0 Å². The Morgan fingerprint density at radius 1 is 1.31 bits per heavy atom. The lowest BCUT2D eigenvalue weighted by molar-refractivity contribution is -0.0478. The van der Waals surface area contributed by atoms with Crippen LogP contribution in [0.3, 0.4) is 0 Å². The third-order valence-corrected chi connectivity index (χ3v) is 3.20. The van der Waals surface area contributed by atoms with Crippen molar-refractivity contribution in [2.75, 3.05) is 5.75 Å². The van der Waals surface area contributed by atoms with Gasteiger partial charge in [-0.2, -0.15) is 0 Å². The topological polar surface area (TPSA) is 69.4 Å². The maximum Gasteiger partial charge on any atom is 0.209 e. The minimum Gasteiger partial charge on any atom is -0.376 e. The smallest absolute Gasteiger partial charge is 0.209 e. The lowest BCUT2D eigenvalue weighted by atomic mass is 9.94. The van der Waals surface area contributed by atoms with Gasteiger partial charge in [-0.15, -0.1) is 0 Å². The molecular weight excluding hydrogens is 190 g/mol. The summed E-state index contributed by atoms with van der Waals surface area (Å²) < 4.78 is 27.2. The van der Waals surface area contributed by atoms with E-state index < -0.39 is 10.0 Å². The lowest BCUT2D eigenvalue weighted by Gasteiger charge is -2.31. The molecule has 0 spiro atoms. The Balaban J connectivity index is 2.51. The summed E-state index contributed by atoms with van der Waals surface area (Å²) >= 11 is 0. The van der Waals surface area contributed by atoms with Gasteiger partial charge in [-0.05, 0) is 32.6 Å². The number of hydrogen-bond acceptors (Lipinski definition) is 3. The summed E-state index contributed by atoms with van der Waals surface area (Å²) in [5.41, 5.74) is 0. The second-order valence-corrected chi connectivity index (χ2v) is 5.58. The molecule has 1 rings (SSSR count). The second-order valence-electron chi connectivity index (χ2n) is 3.92. The van der Waals surface area contributed by atoms with Gasteiger partial charge in [0.15, 0.2) is 0 Å². The summed E-state index contributed by atoms with van der Waals surface area (Å²) in [7, 11) is -3.33. The third kappa shape index (κ3) is 4.06. The molecule has 2 N–H and O–H groups in total. The van der Waals surface area contributed by atoms with E-state index in [0.717, 1.165) is 12.8 Å². The summed E-state index contributed by atoms with van der Waals surface area (Å²) in [4.78, 5) is 0. The molecule has 0 aromatic heterocycles. The highest BCUT2D eigenvalue weighted by Crippen LogP contribution is 2.25. The first-order valence-corrected chi connectivity index (χ1v) is 6.24. The van der Waals surface area contributed by atoms with Gasteiger partial charge in [0.1, 0.15) is 0 Å². The molecule has 0 aromatic carbocycles. The van der Waals surface area contributed by atoms with Crippen molar-refractivity contribution >= 4 is 10.0 Å². The van der Waals surface area contributed by atoms with Gasteiger partial charge in [0.2, 0.25) is 10.0 Å². The second kappa shape index (κ2) is 3.94. The van der Waals surface area contributed by atoms with E-state index in [-0.39, 0.29) is 23.9 Å². The molecule has 1 unspecified atom stereocenters. The van der Waals surface area contributed by atoms with Crippen molar-refractivity contribution in [2.24, 2.45) is 11.1 Å². The lowest BCUT2D eigenvalue weighted by Crippen LogP contribution is -2.34. The molecule has 0 aliphatic carbocycles. The van der Waals surface area contributed by atoms with Crippen molar-refractivity contribution in [3.63, 3.8) is 0 Å². The zero-order chi connectivity index (χ0) is 10.1. The van der Waals surface area contributed by atoms with Gasteiger partial charge < -0.3 is 4.74 Å². The van der Waals surface area contributed by atoms with E-state index in [4.69, 9.17) is 9.88 Å². The van der Waals surface area contributed by atoms with Crippen LogP contribution in [-0.4, -0.2) is 26.4 Å². The van der Waals surface area contributed by atoms with E-state index in [9.17, 15) is 8.42 Å². The van der Waals surface area contributed by atoms with Crippen LogP contribution in [0.25, 0.3) is 0 Å². The Labute approximate surface area is 79.5 Å². The van der Waals surface area contributed by atoms with Crippen LogP contribution >= 0.6 is 0 Å². The summed E-state index contributed by atoms with van der Waals surface area (Å²) in [6.45, 7) is 3.93. The molecule has 1 heterocycles. The molecule has 1 aliphatic heterocycles. The van der Waals surface area contributed by atoms with Crippen LogP contribution in [0, 0.1) is 5.92 Å². The minimum absolute atomic E-state index is 0.0883. The van der Waals surface area contributed by atoms with Crippen molar-refractivity contribution < 1.29 is 13.2 Å². The van der Waals surface area contributed by atoms with Crippen LogP contribution in [0.1, 0.15) is 26.7 Å². The van der Waals surface area contributed by atoms with Crippen LogP contribution in [0.5, 0.6) is 0 Å². The molecule has 0 radical (unpaired) electrons. The minimum atomic E-state index is -3.33. The van der Waals surface area contributed by atoms with E-state index in [1.165, 1.54) is 0 Å². The first kappa shape index (κ1) is 10.9. The van der Waals surface area contributed by atoms with Gasteiger partial charge in [-0.3, -0.25) is 0 Å². The Bertz CT molecular complexity index is 253. The number of primary sulfonamides is 1. The summed E-state index contributed by atoms with van der Waals surface area (Å²) in [5.74, 6) is 0.249. The molecule has 0 aromatic rings. The molecule has 0 saturated carbocycles. The van der Waals surface area contributed by atoms with Crippen LogP contribution in [-0.2, 0) is 14.8 Å². The summed E-state index contributed by atoms with van der Waals surface area (Å²) in [6, 6.07) is 0. The van der Waals surface area contributed by atoms with Crippen LogP contribution < -0.4 is 5.14 Å². The highest BCUT2D eigenvalue weighted by atomic mass is 32.2. The first-order chi connectivity index (χ1) is 5.87. The Morgan fingerprint density at radius 3 is 2.15 bits per heavy atom. The first-order valence-electron chi connectivity index (χ1n) is 4.53. The number of sulfonamides is 1. The fourth-order valence-corrected chi connectivity index (χ4v) is 2.94. The quantitative estimate of drug-likeness (QED) is 0.716. The normalized spacial score (nSPS) is 36.1. The maximum atomic E-state index is 10.8. The van der Waals surface area contributed by atoms with E-state index in [2.05, 4.69) is 0 Å². The SMILES string of the molecule is C[C@@H]1CC(CS(N)(=O)=O)C[C@H](C)O1. The number of rotatable bonds is 2. The van der Waals surface area contributed by atoms with E-state index in [0.29, 0.717) is 0 Å². The van der Waals surface area contributed by atoms with Gasteiger partial charge in [-0.25, -0.2) is 13.6 Å². The highest BCUT2D eigenvalue weighted by Gasteiger charge is 2.26. The Hall–Kier alpha value is -0.130. The molecule has 1 fully saturated rings. The van der Waals surface area contributed by atoms with Crippen molar-refractivity contribution in [1.82, 2.24) is 0 Å². The Morgan fingerprint density at radius 2 is 1.77 bits per heavy atom. The van der Waals surface area contributed by atoms with Gasteiger partial charge in [0, 0.05) is 0 Å². The zero-order valence-corrected chi connectivity index (χ0v) is 8.88. The van der Waals surface area contributed by atoms with Gasteiger partial charge >= 0.3 is 0 Å². The predicted octanol–water partition coefficient (Wildman–Crippen LogP) is 0.479. The van der Waals surface area contributed by atoms with Crippen molar-refractivity contribution in [3.05, 3.63) is 0 Å². The molecule has 4 nitrogen and oxygen atoms in total. The molecule has 3 atom stereocenters. The van der Waals surface area contributed by atoms with Crippen LogP contribution in [0.2, 0.25) is 0 Å². The molecule has 5 heteroatoms. The fraction of sp³-hybridized carbons (Fsp3) is 1.00.